The van der Waals surface area contributed by atoms with E-state index in [9.17, 15) is 22.4 Å². The van der Waals surface area contributed by atoms with E-state index in [4.69, 9.17) is 9.47 Å². The molecular formula is C18H16FNO6S. The van der Waals surface area contributed by atoms with Gasteiger partial charge in [-0.05, 0) is 48.9 Å². The fourth-order valence-corrected chi connectivity index (χ4v) is 3.58. The highest BCUT2D eigenvalue weighted by Crippen LogP contribution is 2.21. The first-order chi connectivity index (χ1) is 12.8. The Hall–Kier alpha value is -2.94. The van der Waals surface area contributed by atoms with E-state index in [1.807, 2.05) is 0 Å². The Balaban J connectivity index is 1.84. The van der Waals surface area contributed by atoms with Gasteiger partial charge in [-0.2, -0.15) is 0 Å². The number of rotatable bonds is 5. The number of esters is 2. The molecule has 142 valence electrons. The van der Waals surface area contributed by atoms with Crippen LogP contribution in [0, 0.1) is 12.7 Å². The first-order valence-electron chi connectivity index (χ1n) is 8.03. The summed E-state index contributed by atoms with van der Waals surface area (Å²) in [6, 6.07) is 8.77. The fourth-order valence-electron chi connectivity index (χ4n) is 2.50. The van der Waals surface area contributed by atoms with Crippen LogP contribution in [0.25, 0.3) is 0 Å². The van der Waals surface area contributed by atoms with Gasteiger partial charge in [0, 0.05) is 12.1 Å². The van der Waals surface area contributed by atoms with Gasteiger partial charge in [0.2, 0.25) is 6.10 Å². The van der Waals surface area contributed by atoms with E-state index in [-0.39, 0.29) is 29.2 Å². The van der Waals surface area contributed by atoms with Crippen molar-refractivity contribution in [2.45, 2.75) is 24.3 Å². The van der Waals surface area contributed by atoms with Crippen molar-refractivity contribution in [2.75, 3.05) is 11.3 Å². The second-order valence-electron chi connectivity index (χ2n) is 5.94. The van der Waals surface area contributed by atoms with Crippen molar-refractivity contribution in [1.29, 1.82) is 0 Å². The Labute approximate surface area is 155 Å². The van der Waals surface area contributed by atoms with Gasteiger partial charge in [-0.3, -0.25) is 4.72 Å². The number of ether oxygens (including phenoxy) is 2. The zero-order valence-corrected chi connectivity index (χ0v) is 15.1. The van der Waals surface area contributed by atoms with E-state index in [0.29, 0.717) is 5.56 Å². The van der Waals surface area contributed by atoms with Crippen LogP contribution in [0.5, 0.6) is 0 Å². The number of carbonyl (C=O) groups excluding carboxylic acids is 2. The highest BCUT2D eigenvalue weighted by Gasteiger charge is 2.31. The van der Waals surface area contributed by atoms with Crippen LogP contribution in [0.4, 0.5) is 10.1 Å². The van der Waals surface area contributed by atoms with Crippen LogP contribution in [0.15, 0.2) is 47.4 Å². The third-order valence-corrected chi connectivity index (χ3v) is 5.35. The maximum atomic E-state index is 13.0. The van der Waals surface area contributed by atoms with Crippen molar-refractivity contribution in [3.63, 3.8) is 0 Å². The highest BCUT2D eigenvalue weighted by atomic mass is 32.2. The predicted octanol–water partition coefficient (Wildman–Crippen LogP) is 2.41. The summed E-state index contributed by atoms with van der Waals surface area (Å²) in [5.41, 5.74) is 0.693. The molecule has 0 saturated carbocycles. The lowest BCUT2D eigenvalue weighted by atomic mass is 10.1. The van der Waals surface area contributed by atoms with E-state index in [1.165, 1.54) is 30.3 Å². The summed E-state index contributed by atoms with van der Waals surface area (Å²) in [6.45, 7) is 1.79. The van der Waals surface area contributed by atoms with E-state index in [0.717, 1.165) is 12.1 Å². The number of hydrogen-bond acceptors (Lipinski definition) is 6. The maximum Gasteiger partial charge on any atom is 0.347 e. The minimum atomic E-state index is -4.01. The summed E-state index contributed by atoms with van der Waals surface area (Å²) in [7, 11) is -4.01. The average Bonchev–Trinajstić information content (AvgIpc) is 3.01. The van der Waals surface area contributed by atoms with Crippen LogP contribution in [-0.2, 0) is 24.3 Å². The van der Waals surface area contributed by atoms with E-state index >= 15 is 0 Å². The largest absolute Gasteiger partial charge is 0.463 e. The van der Waals surface area contributed by atoms with Gasteiger partial charge in [0.25, 0.3) is 10.0 Å². The molecule has 3 rings (SSSR count). The van der Waals surface area contributed by atoms with Gasteiger partial charge in [0.15, 0.2) is 0 Å². The lowest BCUT2D eigenvalue weighted by Crippen LogP contribution is -2.23. The third-order valence-electron chi connectivity index (χ3n) is 3.97. The molecule has 9 heteroatoms. The summed E-state index contributed by atoms with van der Waals surface area (Å²) < 4.78 is 50.2. The fraction of sp³-hybridized carbons (Fsp3) is 0.222. The smallest absolute Gasteiger partial charge is 0.347 e. The molecule has 1 aliphatic rings. The summed E-state index contributed by atoms with van der Waals surface area (Å²) in [5.74, 6) is -1.93. The summed E-state index contributed by atoms with van der Waals surface area (Å²) >= 11 is 0. The normalized spacial score (nSPS) is 16.7. The predicted molar refractivity (Wildman–Crippen MR) is 93.2 cm³/mol. The number of anilines is 1. The molecule has 1 fully saturated rings. The molecule has 2 aromatic carbocycles. The molecule has 1 aliphatic heterocycles. The molecule has 0 unspecified atom stereocenters. The molecule has 27 heavy (non-hydrogen) atoms. The van der Waals surface area contributed by atoms with Gasteiger partial charge in [0.05, 0.1) is 17.1 Å². The number of benzene rings is 2. The quantitative estimate of drug-likeness (QED) is 0.784. The molecular weight excluding hydrogens is 377 g/mol. The number of hydrogen-bond donors (Lipinski definition) is 1. The van der Waals surface area contributed by atoms with Gasteiger partial charge in [-0.1, -0.05) is 6.07 Å². The molecule has 0 aromatic heterocycles. The standard InChI is InChI=1S/C18H16FNO6S/c1-11-2-7-14(27(23,24)20-13-5-3-12(19)4-6-13)10-15(11)17(21)26-16-8-9-25-18(16)22/h2-7,10,16,20H,8-9H2,1H3/t16-/m0/s1. The first-order valence-corrected chi connectivity index (χ1v) is 9.51. The third kappa shape index (κ3) is 4.25. The van der Waals surface area contributed by atoms with Crippen LogP contribution in [0.2, 0.25) is 0 Å². The molecule has 1 N–H and O–H groups in total. The molecule has 1 atom stereocenters. The Bertz CT molecular complexity index is 987. The number of sulfonamides is 1. The molecule has 7 nitrogen and oxygen atoms in total. The Kier molecular flexibility index (Phi) is 5.13. The summed E-state index contributed by atoms with van der Waals surface area (Å²) in [6.07, 6.45) is -0.734. The van der Waals surface area contributed by atoms with Crippen molar-refractivity contribution in [3.8, 4) is 0 Å². The molecule has 0 amide bonds. The van der Waals surface area contributed by atoms with Gasteiger partial charge < -0.3 is 9.47 Å². The van der Waals surface area contributed by atoms with Gasteiger partial charge in [-0.15, -0.1) is 0 Å². The Morgan fingerprint density at radius 2 is 1.93 bits per heavy atom. The molecule has 0 spiro atoms. The second kappa shape index (κ2) is 7.36. The number of nitrogens with one attached hydrogen (secondary N) is 1. The van der Waals surface area contributed by atoms with Crippen molar-refractivity contribution in [2.24, 2.45) is 0 Å². The van der Waals surface area contributed by atoms with Crippen LogP contribution in [0.1, 0.15) is 22.3 Å². The molecule has 0 aliphatic carbocycles. The lowest BCUT2D eigenvalue weighted by Gasteiger charge is -2.13. The van der Waals surface area contributed by atoms with Crippen LogP contribution >= 0.6 is 0 Å². The molecule has 0 radical (unpaired) electrons. The number of carbonyl (C=O) groups is 2. The molecule has 0 bridgehead atoms. The number of aryl methyl sites for hydroxylation is 1. The lowest BCUT2D eigenvalue weighted by molar-refractivity contribution is -0.145. The van der Waals surface area contributed by atoms with Crippen molar-refractivity contribution in [3.05, 3.63) is 59.4 Å². The Morgan fingerprint density at radius 3 is 2.56 bits per heavy atom. The van der Waals surface area contributed by atoms with E-state index in [1.54, 1.807) is 6.92 Å². The topological polar surface area (TPSA) is 98.8 Å². The van der Waals surface area contributed by atoms with Crippen molar-refractivity contribution in [1.82, 2.24) is 0 Å². The van der Waals surface area contributed by atoms with Gasteiger partial charge >= 0.3 is 11.9 Å². The van der Waals surface area contributed by atoms with Crippen molar-refractivity contribution < 1.29 is 31.9 Å². The van der Waals surface area contributed by atoms with E-state index < -0.39 is 33.9 Å². The average molecular weight is 393 g/mol. The number of cyclic esters (lactones) is 1. The second-order valence-corrected chi connectivity index (χ2v) is 7.62. The minimum Gasteiger partial charge on any atom is -0.463 e. The van der Waals surface area contributed by atoms with Gasteiger partial charge in [-0.25, -0.2) is 22.4 Å². The zero-order valence-electron chi connectivity index (χ0n) is 14.3. The van der Waals surface area contributed by atoms with Crippen LogP contribution in [0.3, 0.4) is 0 Å². The summed E-state index contributed by atoms with van der Waals surface area (Å²) in [4.78, 5) is 23.6. The zero-order chi connectivity index (χ0) is 19.6. The molecule has 1 saturated heterocycles. The Morgan fingerprint density at radius 1 is 1.22 bits per heavy atom. The monoisotopic (exact) mass is 393 g/mol. The maximum absolute atomic E-state index is 13.0. The molecule has 2 aromatic rings. The van der Waals surface area contributed by atoms with Crippen LogP contribution in [-0.4, -0.2) is 33.1 Å². The van der Waals surface area contributed by atoms with Crippen molar-refractivity contribution >= 4 is 27.6 Å². The molecule has 1 heterocycles. The first kappa shape index (κ1) is 18.8. The minimum absolute atomic E-state index is 0.0247. The number of halogens is 1. The highest BCUT2D eigenvalue weighted by molar-refractivity contribution is 7.92. The summed E-state index contributed by atoms with van der Waals surface area (Å²) in [5, 5.41) is 0. The van der Waals surface area contributed by atoms with Gasteiger partial charge in [0.1, 0.15) is 5.82 Å². The SMILES string of the molecule is Cc1ccc(S(=O)(=O)Nc2ccc(F)cc2)cc1C(=O)O[C@H]1CCOC1=O. The van der Waals surface area contributed by atoms with Crippen LogP contribution < -0.4 is 4.72 Å². The van der Waals surface area contributed by atoms with E-state index in [2.05, 4.69) is 4.72 Å².